The van der Waals surface area contributed by atoms with Gasteiger partial charge in [-0.15, -0.1) is 0 Å². The second-order valence-electron chi connectivity index (χ2n) is 9.76. The van der Waals surface area contributed by atoms with Gasteiger partial charge < -0.3 is 15.0 Å². The van der Waals surface area contributed by atoms with E-state index in [2.05, 4.69) is 26.1 Å². The number of likely N-dealkylation sites (tertiary alicyclic amines) is 1. The van der Waals surface area contributed by atoms with Crippen LogP contribution in [0.3, 0.4) is 0 Å². The van der Waals surface area contributed by atoms with Gasteiger partial charge in [0.25, 0.3) is 5.91 Å². The van der Waals surface area contributed by atoms with Crippen molar-refractivity contribution in [2.24, 2.45) is 0 Å². The zero-order valence-corrected chi connectivity index (χ0v) is 19.1. The SMILES string of the molecule is CC(C)(C)c1ccc(C(=O)NC(Cc2ccc(F)cc2)C(=O)N2CC[C@H]3OCC(=O)[C@H]32)cc1. The van der Waals surface area contributed by atoms with E-state index in [4.69, 9.17) is 4.74 Å². The second-order valence-corrected chi connectivity index (χ2v) is 9.76. The Labute approximate surface area is 193 Å². The largest absolute Gasteiger partial charge is 0.368 e. The van der Waals surface area contributed by atoms with Gasteiger partial charge in [-0.05, 0) is 47.2 Å². The molecule has 2 amide bonds. The van der Waals surface area contributed by atoms with Gasteiger partial charge in [0.15, 0.2) is 5.78 Å². The maximum atomic E-state index is 13.5. The molecule has 1 N–H and O–H groups in total. The maximum absolute atomic E-state index is 13.5. The standard InChI is InChI=1S/C26H29FN2O4/c1-26(2,3)18-8-6-17(7-9-18)24(31)28-20(14-16-4-10-19(27)11-5-16)25(32)29-13-12-22-23(29)21(30)15-33-22/h4-11,20,22-23H,12-15H2,1-3H3,(H,28,31)/t20?,22-,23-/m1/s1. The minimum Gasteiger partial charge on any atom is -0.368 e. The van der Waals surface area contributed by atoms with Crippen molar-refractivity contribution in [1.29, 1.82) is 0 Å². The van der Waals surface area contributed by atoms with Crippen molar-refractivity contribution in [3.05, 3.63) is 71.0 Å². The Kier molecular flexibility index (Phi) is 6.34. The molecule has 2 aliphatic heterocycles. The van der Waals surface area contributed by atoms with Crippen LogP contribution >= 0.6 is 0 Å². The first-order valence-electron chi connectivity index (χ1n) is 11.2. The highest BCUT2D eigenvalue weighted by Gasteiger charge is 2.48. The van der Waals surface area contributed by atoms with Crippen LogP contribution in [0.15, 0.2) is 48.5 Å². The van der Waals surface area contributed by atoms with E-state index in [0.29, 0.717) is 24.1 Å². The van der Waals surface area contributed by atoms with Gasteiger partial charge in [0, 0.05) is 18.5 Å². The zero-order chi connectivity index (χ0) is 23.8. The molecule has 2 fully saturated rings. The third-order valence-corrected chi connectivity index (χ3v) is 6.36. The Hall–Kier alpha value is -3.06. The van der Waals surface area contributed by atoms with Crippen LogP contribution in [-0.2, 0) is 26.2 Å². The van der Waals surface area contributed by atoms with Crippen LogP contribution in [0, 0.1) is 5.82 Å². The fraction of sp³-hybridized carbons (Fsp3) is 0.423. The molecule has 0 radical (unpaired) electrons. The number of Topliss-reactive ketones (excluding diaryl/α,β-unsaturated/α-hetero) is 1. The lowest BCUT2D eigenvalue weighted by Crippen LogP contribution is -2.53. The molecule has 0 bridgehead atoms. The summed E-state index contributed by atoms with van der Waals surface area (Å²) in [5.41, 5.74) is 2.21. The van der Waals surface area contributed by atoms with Gasteiger partial charge in [-0.2, -0.15) is 0 Å². The number of benzene rings is 2. The number of hydrogen-bond acceptors (Lipinski definition) is 4. The Morgan fingerprint density at radius 2 is 1.79 bits per heavy atom. The topological polar surface area (TPSA) is 75.7 Å². The van der Waals surface area contributed by atoms with Gasteiger partial charge in [0.2, 0.25) is 5.91 Å². The van der Waals surface area contributed by atoms with Crippen LogP contribution in [0.1, 0.15) is 48.7 Å². The van der Waals surface area contributed by atoms with E-state index in [1.54, 1.807) is 24.3 Å². The average Bonchev–Trinajstić information content (AvgIpc) is 3.37. The summed E-state index contributed by atoms with van der Waals surface area (Å²) in [4.78, 5) is 40.3. The monoisotopic (exact) mass is 452 g/mol. The molecular weight excluding hydrogens is 423 g/mol. The number of hydrogen-bond donors (Lipinski definition) is 1. The second kappa shape index (κ2) is 9.06. The molecule has 1 unspecified atom stereocenters. The first kappa shape index (κ1) is 23.1. The Morgan fingerprint density at radius 3 is 2.42 bits per heavy atom. The normalized spacial score (nSPS) is 21.1. The summed E-state index contributed by atoms with van der Waals surface area (Å²) in [6.07, 6.45) is 0.496. The van der Waals surface area contributed by atoms with Crippen molar-refractivity contribution in [3.8, 4) is 0 Å². The molecule has 0 spiro atoms. The summed E-state index contributed by atoms with van der Waals surface area (Å²) in [5, 5.41) is 2.85. The van der Waals surface area contributed by atoms with Crippen molar-refractivity contribution in [1.82, 2.24) is 10.2 Å². The summed E-state index contributed by atoms with van der Waals surface area (Å²) in [6, 6.07) is 11.6. The minimum absolute atomic E-state index is 0.00816. The quantitative estimate of drug-likeness (QED) is 0.757. The van der Waals surface area contributed by atoms with E-state index in [1.165, 1.54) is 17.0 Å². The van der Waals surface area contributed by atoms with Crippen LogP contribution < -0.4 is 5.32 Å². The van der Waals surface area contributed by atoms with Crippen LogP contribution in [0.2, 0.25) is 0 Å². The van der Waals surface area contributed by atoms with E-state index in [1.807, 2.05) is 12.1 Å². The fourth-order valence-corrected chi connectivity index (χ4v) is 4.46. The highest BCUT2D eigenvalue weighted by Crippen LogP contribution is 2.28. The highest BCUT2D eigenvalue weighted by molar-refractivity contribution is 5.99. The molecule has 4 rings (SSSR count). The van der Waals surface area contributed by atoms with Gasteiger partial charge in [0.1, 0.15) is 24.5 Å². The summed E-state index contributed by atoms with van der Waals surface area (Å²) >= 11 is 0. The molecule has 2 aromatic rings. The Balaban J connectivity index is 1.56. The minimum atomic E-state index is -0.891. The molecule has 3 atom stereocenters. The summed E-state index contributed by atoms with van der Waals surface area (Å²) in [6.45, 7) is 6.69. The van der Waals surface area contributed by atoms with Crippen molar-refractivity contribution in [3.63, 3.8) is 0 Å². The molecule has 6 nitrogen and oxygen atoms in total. The molecule has 7 heteroatoms. The number of carbonyl (C=O) groups excluding carboxylic acids is 3. The first-order valence-corrected chi connectivity index (χ1v) is 11.2. The van der Waals surface area contributed by atoms with Gasteiger partial charge in [-0.3, -0.25) is 14.4 Å². The number of carbonyl (C=O) groups is 3. The van der Waals surface area contributed by atoms with Crippen LogP contribution in [0.25, 0.3) is 0 Å². The molecule has 2 aliphatic rings. The van der Waals surface area contributed by atoms with E-state index >= 15 is 0 Å². The number of fused-ring (bicyclic) bond motifs is 1. The average molecular weight is 453 g/mol. The summed E-state index contributed by atoms with van der Waals surface area (Å²) in [5.74, 6) is -1.19. The van der Waals surface area contributed by atoms with Gasteiger partial charge >= 0.3 is 0 Å². The number of rotatable bonds is 5. The molecule has 0 saturated carbocycles. The van der Waals surface area contributed by atoms with Gasteiger partial charge in [0.05, 0.1) is 6.10 Å². The lowest BCUT2D eigenvalue weighted by molar-refractivity contribution is -0.138. The van der Waals surface area contributed by atoms with Crippen LogP contribution in [0.5, 0.6) is 0 Å². The van der Waals surface area contributed by atoms with Crippen molar-refractivity contribution in [2.75, 3.05) is 13.2 Å². The Morgan fingerprint density at radius 1 is 1.12 bits per heavy atom. The van der Waals surface area contributed by atoms with E-state index in [9.17, 15) is 18.8 Å². The third kappa shape index (κ3) is 4.98. The molecule has 2 aromatic carbocycles. The number of amides is 2. The molecule has 0 aromatic heterocycles. The lowest BCUT2D eigenvalue weighted by Gasteiger charge is -2.28. The number of nitrogens with zero attached hydrogens (tertiary/aromatic N) is 1. The summed E-state index contributed by atoms with van der Waals surface area (Å²) in [7, 11) is 0. The van der Waals surface area contributed by atoms with Crippen molar-refractivity contribution < 1.29 is 23.5 Å². The third-order valence-electron chi connectivity index (χ3n) is 6.36. The highest BCUT2D eigenvalue weighted by atomic mass is 19.1. The smallest absolute Gasteiger partial charge is 0.251 e. The predicted molar refractivity (Wildman–Crippen MR) is 121 cm³/mol. The molecular formula is C26H29FN2O4. The van der Waals surface area contributed by atoms with Crippen LogP contribution in [0.4, 0.5) is 4.39 Å². The molecule has 33 heavy (non-hydrogen) atoms. The first-order chi connectivity index (χ1) is 15.6. The predicted octanol–water partition coefficient (Wildman–Crippen LogP) is 3.03. The van der Waals surface area contributed by atoms with Gasteiger partial charge in [-0.1, -0.05) is 45.0 Å². The van der Waals surface area contributed by atoms with E-state index in [0.717, 1.165) is 5.56 Å². The lowest BCUT2D eigenvalue weighted by atomic mass is 9.86. The number of ketones is 1. The molecule has 2 saturated heterocycles. The Bertz CT molecular complexity index is 1040. The summed E-state index contributed by atoms with van der Waals surface area (Å²) < 4.78 is 18.9. The molecule has 0 aliphatic carbocycles. The van der Waals surface area contributed by atoms with Crippen LogP contribution in [-0.4, -0.2) is 53.8 Å². The number of ether oxygens (including phenoxy) is 1. The maximum Gasteiger partial charge on any atom is 0.251 e. The van der Waals surface area contributed by atoms with E-state index < -0.39 is 12.1 Å². The van der Waals surface area contributed by atoms with Gasteiger partial charge in [-0.25, -0.2) is 4.39 Å². The van der Waals surface area contributed by atoms with E-state index in [-0.39, 0.29) is 48.0 Å². The van der Waals surface area contributed by atoms with Crippen molar-refractivity contribution in [2.45, 2.75) is 57.2 Å². The zero-order valence-electron chi connectivity index (χ0n) is 19.1. The number of nitrogens with one attached hydrogen (secondary N) is 1. The number of halogens is 1. The van der Waals surface area contributed by atoms with Crippen molar-refractivity contribution >= 4 is 17.6 Å². The molecule has 174 valence electrons. The molecule has 2 heterocycles. The fourth-order valence-electron chi connectivity index (χ4n) is 4.46.